The Kier molecular flexibility index (Phi) is 4.41. The third-order valence-electron chi connectivity index (χ3n) is 5.17. The number of nitrogens with one attached hydrogen (secondary N) is 2. The van der Waals surface area contributed by atoms with E-state index in [0.717, 1.165) is 15.9 Å². The summed E-state index contributed by atoms with van der Waals surface area (Å²) in [5.41, 5.74) is -4.14. The lowest BCUT2D eigenvalue weighted by molar-refractivity contribution is -0.178. The summed E-state index contributed by atoms with van der Waals surface area (Å²) in [6.07, 6.45) is -3.68. The van der Waals surface area contributed by atoms with E-state index in [1.165, 1.54) is 7.05 Å². The summed E-state index contributed by atoms with van der Waals surface area (Å²) in [4.78, 5) is 37.9. The van der Waals surface area contributed by atoms with Crippen LogP contribution in [0.25, 0.3) is 0 Å². The third kappa shape index (κ3) is 3.22. The number of fused-ring (bicyclic) bond motifs is 1. The highest BCUT2D eigenvalue weighted by Crippen LogP contribution is 2.45. The van der Waals surface area contributed by atoms with Crippen LogP contribution in [-0.2, 0) is 16.9 Å². The van der Waals surface area contributed by atoms with Gasteiger partial charge in [0.25, 0.3) is 5.91 Å². The van der Waals surface area contributed by atoms with Crippen LogP contribution in [0.5, 0.6) is 0 Å². The highest BCUT2D eigenvalue weighted by Gasteiger charge is 2.59. The molecule has 2 heterocycles. The standard InChI is InChI=1S/C19H16F4N4O3/c1-26-9-15(28)27(17(26)30)8-11-6-14-12(7-13(11)20)18(19(21,22)23,25-16(29)24-14)5-4-10-2-3-10/h6-7,10H,2-3,8-9H2,1H3,(H2,24,25,29)/t18-/m0/s1. The molecule has 1 aliphatic carbocycles. The van der Waals surface area contributed by atoms with Gasteiger partial charge in [0.2, 0.25) is 5.54 Å². The fraction of sp³-hybridized carbons (Fsp3) is 0.421. The summed E-state index contributed by atoms with van der Waals surface area (Å²) in [6.45, 7) is -0.656. The molecule has 30 heavy (non-hydrogen) atoms. The number of halogens is 4. The summed E-state index contributed by atoms with van der Waals surface area (Å²) in [5.74, 6) is 2.83. The van der Waals surface area contributed by atoms with Crippen LogP contribution in [0.2, 0.25) is 0 Å². The number of nitrogens with zero attached hydrogens (tertiary/aromatic N) is 2. The molecule has 2 aliphatic heterocycles. The molecule has 1 aromatic carbocycles. The normalized spacial score (nSPS) is 23.6. The van der Waals surface area contributed by atoms with Crippen molar-refractivity contribution in [1.29, 1.82) is 0 Å². The Morgan fingerprint density at radius 1 is 1.23 bits per heavy atom. The Labute approximate surface area is 168 Å². The van der Waals surface area contributed by atoms with Gasteiger partial charge in [-0.05, 0) is 25.0 Å². The Bertz CT molecular complexity index is 1030. The molecule has 2 fully saturated rings. The van der Waals surface area contributed by atoms with E-state index in [0.29, 0.717) is 18.9 Å². The number of hydrogen-bond donors (Lipinski definition) is 2. The minimum Gasteiger partial charge on any atom is -0.318 e. The molecule has 0 radical (unpaired) electrons. The Morgan fingerprint density at radius 2 is 1.93 bits per heavy atom. The van der Waals surface area contributed by atoms with E-state index in [1.807, 2.05) is 5.32 Å². The van der Waals surface area contributed by atoms with Crippen molar-refractivity contribution in [2.24, 2.45) is 5.92 Å². The first-order valence-corrected chi connectivity index (χ1v) is 9.09. The molecule has 1 atom stereocenters. The second kappa shape index (κ2) is 6.62. The number of alkyl halides is 3. The van der Waals surface area contributed by atoms with E-state index in [4.69, 9.17) is 0 Å². The monoisotopic (exact) mass is 424 g/mol. The van der Waals surface area contributed by atoms with Gasteiger partial charge in [-0.15, -0.1) is 0 Å². The zero-order chi connectivity index (χ0) is 21.8. The average Bonchev–Trinajstić information content (AvgIpc) is 3.43. The van der Waals surface area contributed by atoms with Crippen molar-refractivity contribution in [2.45, 2.75) is 31.1 Å². The number of hydrogen-bond acceptors (Lipinski definition) is 3. The van der Waals surface area contributed by atoms with Crippen molar-refractivity contribution in [3.63, 3.8) is 0 Å². The molecule has 3 aliphatic rings. The number of likely N-dealkylation sites (N-methyl/N-ethyl adjacent to an activating group) is 1. The third-order valence-corrected chi connectivity index (χ3v) is 5.17. The second-order valence-corrected chi connectivity index (χ2v) is 7.48. The minimum atomic E-state index is -5.01. The van der Waals surface area contributed by atoms with Gasteiger partial charge in [-0.2, -0.15) is 13.2 Å². The molecule has 158 valence electrons. The molecule has 0 aromatic heterocycles. The summed E-state index contributed by atoms with van der Waals surface area (Å²) < 4.78 is 57.0. The molecule has 0 spiro atoms. The van der Waals surface area contributed by atoms with Crippen molar-refractivity contribution < 1.29 is 31.9 Å². The van der Waals surface area contributed by atoms with E-state index in [9.17, 15) is 31.9 Å². The van der Waals surface area contributed by atoms with Gasteiger partial charge in [-0.25, -0.2) is 14.0 Å². The summed E-state index contributed by atoms with van der Waals surface area (Å²) in [5, 5.41) is 4.04. The number of anilines is 1. The maximum Gasteiger partial charge on any atom is 0.427 e. The van der Waals surface area contributed by atoms with Crippen LogP contribution < -0.4 is 10.6 Å². The smallest absolute Gasteiger partial charge is 0.318 e. The quantitative estimate of drug-likeness (QED) is 0.435. The first-order valence-electron chi connectivity index (χ1n) is 9.09. The van der Waals surface area contributed by atoms with Crippen molar-refractivity contribution in [3.05, 3.63) is 29.1 Å². The van der Waals surface area contributed by atoms with Gasteiger partial charge >= 0.3 is 18.2 Å². The van der Waals surface area contributed by atoms with E-state index >= 15 is 0 Å². The molecular formula is C19H16F4N4O3. The fourth-order valence-electron chi connectivity index (χ4n) is 3.37. The first kappa shape index (κ1) is 20.0. The van der Waals surface area contributed by atoms with Gasteiger partial charge in [0.1, 0.15) is 12.4 Å². The van der Waals surface area contributed by atoms with Gasteiger partial charge in [-0.3, -0.25) is 9.69 Å². The zero-order valence-corrected chi connectivity index (χ0v) is 15.7. The number of carbonyl (C=O) groups is 3. The SMILES string of the molecule is CN1CC(=O)N(Cc2cc3c(cc2F)[C@@](C#CC2CC2)(C(F)(F)F)NC(=O)N3)C1=O. The van der Waals surface area contributed by atoms with Crippen LogP contribution in [0, 0.1) is 23.6 Å². The highest BCUT2D eigenvalue weighted by molar-refractivity contribution is 6.01. The maximum atomic E-state index is 14.8. The Hall–Kier alpha value is -3.29. The molecule has 11 heteroatoms. The highest BCUT2D eigenvalue weighted by atomic mass is 19.4. The maximum absolute atomic E-state index is 14.8. The topological polar surface area (TPSA) is 81.8 Å². The van der Waals surface area contributed by atoms with E-state index in [-0.39, 0.29) is 23.7 Å². The fourth-order valence-corrected chi connectivity index (χ4v) is 3.37. The summed E-state index contributed by atoms with van der Waals surface area (Å²) in [7, 11) is 1.39. The molecule has 0 bridgehead atoms. The largest absolute Gasteiger partial charge is 0.427 e. The van der Waals surface area contributed by atoms with Crippen LogP contribution in [0.4, 0.5) is 32.8 Å². The molecule has 1 saturated heterocycles. The molecule has 7 nitrogen and oxygen atoms in total. The lowest BCUT2D eigenvalue weighted by atomic mass is 9.85. The van der Waals surface area contributed by atoms with Gasteiger partial charge in [0.15, 0.2) is 0 Å². The van der Waals surface area contributed by atoms with Gasteiger partial charge in [0, 0.05) is 29.8 Å². The van der Waals surface area contributed by atoms with Gasteiger partial charge in [0.05, 0.1) is 6.54 Å². The molecule has 1 saturated carbocycles. The predicted octanol–water partition coefficient (Wildman–Crippen LogP) is 2.53. The Balaban J connectivity index is 1.78. The van der Waals surface area contributed by atoms with E-state index in [1.54, 1.807) is 0 Å². The molecule has 4 rings (SSSR count). The number of urea groups is 2. The molecule has 1 aromatic rings. The van der Waals surface area contributed by atoms with Crippen molar-refractivity contribution in [1.82, 2.24) is 15.1 Å². The molecular weight excluding hydrogens is 408 g/mol. The Morgan fingerprint density at radius 3 is 2.50 bits per heavy atom. The van der Waals surface area contributed by atoms with Crippen molar-refractivity contribution in [2.75, 3.05) is 18.9 Å². The number of amides is 5. The molecule has 2 N–H and O–H groups in total. The first-order chi connectivity index (χ1) is 14.0. The van der Waals surface area contributed by atoms with Crippen LogP contribution in [0.1, 0.15) is 24.0 Å². The molecule has 5 amide bonds. The number of carbonyl (C=O) groups excluding carboxylic acids is 3. The van der Waals surface area contributed by atoms with Gasteiger partial charge in [-0.1, -0.05) is 11.8 Å². The second-order valence-electron chi connectivity index (χ2n) is 7.48. The van der Waals surface area contributed by atoms with Gasteiger partial charge < -0.3 is 15.5 Å². The van der Waals surface area contributed by atoms with Crippen LogP contribution >= 0.6 is 0 Å². The van der Waals surface area contributed by atoms with Crippen molar-refractivity contribution >= 4 is 23.7 Å². The lowest BCUT2D eigenvalue weighted by Gasteiger charge is -2.37. The number of benzene rings is 1. The molecule has 0 unspecified atom stereocenters. The summed E-state index contributed by atoms with van der Waals surface area (Å²) in [6, 6.07) is -0.152. The van der Waals surface area contributed by atoms with Crippen LogP contribution in [-0.4, -0.2) is 47.5 Å². The van der Waals surface area contributed by atoms with Crippen LogP contribution in [0.3, 0.4) is 0 Å². The minimum absolute atomic E-state index is 0.181. The number of rotatable bonds is 2. The van der Waals surface area contributed by atoms with E-state index in [2.05, 4.69) is 17.2 Å². The zero-order valence-electron chi connectivity index (χ0n) is 15.7. The predicted molar refractivity (Wildman–Crippen MR) is 95.4 cm³/mol. The number of imide groups is 1. The van der Waals surface area contributed by atoms with Crippen LogP contribution in [0.15, 0.2) is 12.1 Å². The lowest BCUT2D eigenvalue weighted by Crippen LogP contribution is -2.59. The van der Waals surface area contributed by atoms with E-state index < -0.39 is 47.6 Å². The van der Waals surface area contributed by atoms with Crippen molar-refractivity contribution in [3.8, 4) is 11.8 Å². The average molecular weight is 424 g/mol. The summed E-state index contributed by atoms with van der Waals surface area (Å²) >= 11 is 0.